The second-order valence-electron chi connectivity index (χ2n) is 4.49. The molecule has 17 heavy (non-hydrogen) atoms. The van der Waals surface area contributed by atoms with Crippen molar-refractivity contribution in [2.45, 2.75) is 27.2 Å². The van der Waals surface area contributed by atoms with Crippen molar-refractivity contribution in [3.05, 3.63) is 59.2 Å². The molecule has 0 aliphatic carbocycles. The van der Waals surface area contributed by atoms with Crippen molar-refractivity contribution in [1.82, 2.24) is 0 Å². The lowest BCUT2D eigenvalue weighted by molar-refractivity contribution is 1.11. The molecule has 1 N–H and O–H groups in total. The summed E-state index contributed by atoms with van der Waals surface area (Å²) in [6.07, 6.45) is 1.08. The van der Waals surface area contributed by atoms with Gasteiger partial charge in [-0.15, -0.1) is 0 Å². The first-order valence-corrected chi connectivity index (χ1v) is 6.12. The fraction of sp³-hybridized carbons (Fsp3) is 0.250. The number of hydrogen-bond acceptors (Lipinski definition) is 1. The van der Waals surface area contributed by atoms with Gasteiger partial charge in [0.05, 0.1) is 0 Å². The largest absolute Gasteiger partial charge is 0.356 e. The summed E-state index contributed by atoms with van der Waals surface area (Å²) in [5, 5.41) is 3.43. The van der Waals surface area contributed by atoms with Crippen LogP contribution in [-0.2, 0) is 6.42 Å². The van der Waals surface area contributed by atoms with Gasteiger partial charge in [-0.1, -0.05) is 30.7 Å². The summed E-state index contributed by atoms with van der Waals surface area (Å²) >= 11 is 0. The molecule has 0 aromatic heterocycles. The van der Waals surface area contributed by atoms with Crippen LogP contribution in [-0.4, -0.2) is 0 Å². The van der Waals surface area contributed by atoms with E-state index in [1.54, 1.807) is 0 Å². The Hall–Kier alpha value is -1.76. The summed E-state index contributed by atoms with van der Waals surface area (Å²) in [7, 11) is 0. The highest BCUT2D eigenvalue weighted by Crippen LogP contribution is 2.20. The lowest BCUT2D eigenvalue weighted by Crippen LogP contribution is -1.93. The van der Waals surface area contributed by atoms with Gasteiger partial charge in [0, 0.05) is 11.4 Å². The topological polar surface area (TPSA) is 12.0 Å². The van der Waals surface area contributed by atoms with Crippen LogP contribution in [0.1, 0.15) is 23.6 Å². The van der Waals surface area contributed by atoms with Crippen molar-refractivity contribution in [1.29, 1.82) is 0 Å². The minimum Gasteiger partial charge on any atom is -0.356 e. The monoisotopic (exact) mass is 225 g/mol. The van der Waals surface area contributed by atoms with Crippen LogP contribution in [0.15, 0.2) is 42.5 Å². The van der Waals surface area contributed by atoms with E-state index in [0.717, 1.165) is 17.8 Å². The van der Waals surface area contributed by atoms with Gasteiger partial charge in [-0.3, -0.25) is 0 Å². The molecule has 0 radical (unpaired) electrons. The van der Waals surface area contributed by atoms with E-state index in [4.69, 9.17) is 0 Å². The van der Waals surface area contributed by atoms with Crippen molar-refractivity contribution < 1.29 is 0 Å². The molecule has 2 aromatic rings. The average Bonchev–Trinajstić information content (AvgIpc) is 2.34. The zero-order valence-electron chi connectivity index (χ0n) is 10.7. The van der Waals surface area contributed by atoms with Gasteiger partial charge in [0.15, 0.2) is 0 Å². The summed E-state index contributed by atoms with van der Waals surface area (Å²) in [5.74, 6) is 0. The summed E-state index contributed by atoms with van der Waals surface area (Å²) in [6, 6.07) is 15.0. The SMILES string of the molecule is CCc1cc(Nc2ccc(C)cc2)ccc1C. The fourth-order valence-electron chi connectivity index (χ4n) is 1.93. The maximum atomic E-state index is 3.43. The maximum Gasteiger partial charge on any atom is 0.0387 e. The van der Waals surface area contributed by atoms with Crippen molar-refractivity contribution in [2.75, 3.05) is 5.32 Å². The summed E-state index contributed by atoms with van der Waals surface area (Å²) in [5.41, 5.74) is 6.36. The van der Waals surface area contributed by atoms with E-state index in [0.29, 0.717) is 0 Å². The Morgan fingerprint density at radius 3 is 2.18 bits per heavy atom. The highest BCUT2D eigenvalue weighted by molar-refractivity contribution is 5.61. The summed E-state index contributed by atoms with van der Waals surface area (Å²) < 4.78 is 0. The van der Waals surface area contributed by atoms with Crippen LogP contribution in [0, 0.1) is 13.8 Å². The number of aryl methyl sites for hydroxylation is 3. The third-order valence-corrected chi connectivity index (χ3v) is 3.07. The molecular formula is C16H19N. The Morgan fingerprint density at radius 1 is 0.882 bits per heavy atom. The quantitative estimate of drug-likeness (QED) is 0.804. The van der Waals surface area contributed by atoms with E-state index in [1.165, 1.54) is 16.7 Å². The Balaban J connectivity index is 2.21. The molecule has 1 nitrogen and oxygen atoms in total. The predicted molar refractivity (Wildman–Crippen MR) is 75.0 cm³/mol. The van der Waals surface area contributed by atoms with E-state index in [9.17, 15) is 0 Å². The van der Waals surface area contributed by atoms with Crippen LogP contribution in [0.2, 0.25) is 0 Å². The Labute approximate surface area is 103 Å². The molecule has 0 saturated carbocycles. The molecule has 0 aliphatic rings. The zero-order chi connectivity index (χ0) is 12.3. The molecule has 2 aromatic carbocycles. The van der Waals surface area contributed by atoms with Crippen molar-refractivity contribution in [3.8, 4) is 0 Å². The number of rotatable bonds is 3. The summed E-state index contributed by atoms with van der Waals surface area (Å²) in [6.45, 7) is 6.46. The van der Waals surface area contributed by atoms with E-state index in [2.05, 4.69) is 68.6 Å². The molecule has 0 spiro atoms. The molecular weight excluding hydrogens is 206 g/mol. The number of hydrogen-bond donors (Lipinski definition) is 1. The minimum absolute atomic E-state index is 1.08. The molecule has 88 valence electrons. The third kappa shape index (κ3) is 2.88. The third-order valence-electron chi connectivity index (χ3n) is 3.07. The molecule has 0 bridgehead atoms. The van der Waals surface area contributed by atoms with Gasteiger partial charge < -0.3 is 5.32 Å². The van der Waals surface area contributed by atoms with Gasteiger partial charge in [0.2, 0.25) is 0 Å². The summed E-state index contributed by atoms with van der Waals surface area (Å²) in [4.78, 5) is 0. The fourth-order valence-corrected chi connectivity index (χ4v) is 1.93. The van der Waals surface area contributed by atoms with Crippen LogP contribution < -0.4 is 5.32 Å². The minimum atomic E-state index is 1.08. The average molecular weight is 225 g/mol. The highest BCUT2D eigenvalue weighted by Gasteiger charge is 1.99. The molecule has 2 rings (SSSR count). The first kappa shape index (κ1) is 11.7. The van der Waals surface area contributed by atoms with Gasteiger partial charge in [-0.05, 0) is 55.7 Å². The van der Waals surface area contributed by atoms with Crippen molar-refractivity contribution in [2.24, 2.45) is 0 Å². The molecule has 0 aliphatic heterocycles. The lowest BCUT2D eigenvalue weighted by atomic mass is 10.1. The van der Waals surface area contributed by atoms with E-state index >= 15 is 0 Å². The Morgan fingerprint density at radius 2 is 1.53 bits per heavy atom. The molecule has 0 saturated heterocycles. The Kier molecular flexibility index (Phi) is 3.48. The molecule has 0 amide bonds. The second kappa shape index (κ2) is 5.05. The molecule has 1 heteroatoms. The lowest BCUT2D eigenvalue weighted by Gasteiger charge is -2.10. The smallest absolute Gasteiger partial charge is 0.0387 e. The van der Waals surface area contributed by atoms with Crippen LogP contribution in [0.5, 0.6) is 0 Å². The van der Waals surface area contributed by atoms with E-state index in [1.807, 2.05) is 0 Å². The van der Waals surface area contributed by atoms with Crippen LogP contribution in [0.25, 0.3) is 0 Å². The molecule has 0 unspecified atom stereocenters. The highest BCUT2D eigenvalue weighted by atomic mass is 14.9. The van der Waals surface area contributed by atoms with Gasteiger partial charge in [-0.25, -0.2) is 0 Å². The van der Waals surface area contributed by atoms with Gasteiger partial charge in [-0.2, -0.15) is 0 Å². The van der Waals surface area contributed by atoms with Crippen molar-refractivity contribution in [3.63, 3.8) is 0 Å². The van der Waals surface area contributed by atoms with E-state index < -0.39 is 0 Å². The molecule has 0 heterocycles. The number of benzene rings is 2. The van der Waals surface area contributed by atoms with Crippen LogP contribution in [0.4, 0.5) is 11.4 Å². The molecule has 0 fully saturated rings. The number of nitrogens with one attached hydrogen (secondary N) is 1. The Bertz CT molecular complexity index is 497. The van der Waals surface area contributed by atoms with Crippen LogP contribution >= 0.6 is 0 Å². The van der Waals surface area contributed by atoms with Crippen LogP contribution in [0.3, 0.4) is 0 Å². The normalized spacial score (nSPS) is 10.3. The predicted octanol–water partition coefficient (Wildman–Crippen LogP) is 4.61. The first-order valence-electron chi connectivity index (χ1n) is 6.12. The second-order valence-corrected chi connectivity index (χ2v) is 4.49. The zero-order valence-corrected chi connectivity index (χ0v) is 10.7. The van der Waals surface area contributed by atoms with E-state index in [-0.39, 0.29) is 0 Å². The molecule has 0 atom stereocenters. The van der Waals surface area contributed by atoms with Gasteiger partial charge >= 0.3 is 0 Å². The standard InChI is InChI=1S/C16H19N/c1-4-14-11-16(10-7-13(14)3)17-15-8-5-12(2)6-9-15/h5-11,17H,4H2,1-3H3. The maximum absolute atomic E-state index is 3.43. The number of anilines is 2. The van der Waals surface area contributed by atoms with Gasteiger partial charge in [0.1, 0.15) is 0 Å². The van der Waals surface area contributed by atoms with Crippen molar-refractivity contribution >= 4 is 11.4 Å². The first-order chi connectivity index (χ1) is 8.19. The van der Waals surface area contributed by atoms with Gasteiger partial charge in [0.25, 0.3) is 0 Å².